The Hall–Kier alpha value is -1.09. The summed E-state index contributed by atoms with van der Waals surface area (Å²) in [5, 5.41) is 0. The lowest BCUT2D eigenvalue weighted by Gasteiger charge is -2.22. The summed E-state index contributed by atoms with van der Waals surface area (Å²) in [4.78, 5) is 0.599. The molecule has 100 valence electrons. The van der Waals surface area contributed by atoms with E-state index in [-0.39, 0.29) is 5.41 Å². The number of aryl methyl sites for hydroxylation is 1. The highest BCUT2D eigenvalue weighted by Gasteiger charge is 2.20. The van der Waals surface area contributed by atoms with Crippen LogP contribution in [-0.2, 0) is 0 Å². The van der Waals surface area contributed by atoms with E-state index in [2.05, 4.69) is 32.9 Å². The molecule has 0 bridgehead atoms. The molecule has 0 atom stereocenters. The van der Waals surface area contributed by atoms with E-state index in [9.17, 15) is 0 Å². The van der Waals surface area contributed by atoms with Crippen molar-refractivity contribution >= 4 is 17.2 Å². The second kappa shape index (κ2) is 6.74. The van der Waals surface area contributed by atoms with Gasteiger partial charge in [0.05, 0.1) is 11.6 Å². The summed E-state index contributed by atoms with van der Waals surface area (Å²) in [7, 11) is 0. The van der Waals surface area contributed by atoms with Crippen molar-refractivity contribution < 1.29 is 4.74 Å². The highest BCUT2D eigenvalue weighted by molar-refractivity contribution is 7.80. The van der Waals surface area contributed by atoms with Gasteiger partial charge < -0.3 is 10.5 Å². The molecule has 0 amide bonds. The molecule has 0 fully saturated rings. The van der Waals surface area contributed by atoms with Crippen LogP contribution in [0, 0.1) is 12.3 Å². The van der Waals surface area contributed by atoms with E-state index in [0.29, 0.717) is 4.99 Å². The molecule has 0 spiro atoms. The number of nitrogens with two attached hydrogens (primary N) is 1. The molecule has 0 heterocycles. The molecule has 0 unspecified atom stereocenters. The SMILES string of the molecule is Cc1cccc(OCCCCC(C)(C)C(N)=S)c1. The Morgan fingerprint density at radius 3 is 2.67 bits per heavy atom. The van der Waals surface area contributed by atoms with Gasteiger partial charge >= 0.3 is 0 Å². The van der Waals surface area contributed by atoms with Crippen molar-refractivity contribution in [3.05, 3.63) is 29.8 Å². The zero-order chi connectivity index (χ0) is 13.6. The molecule has 18 heavy (non-hydrogen) atoms. The van der Waals surface area contributed by atoms with Crippen LogP contribution < -0.4 is 10.5 Å². The third-order valence-electron chi connectivity index (χ3n) is 3.12. The fourth-order valence-electron chi connectivity index (χ4n) is 1.69. The predicted octanol–water partition coefficient (Wildman–Crippen LogP) is 3.86. The zero-order valence-corrected chi connectivity index (χ0v) is 12.3. The standard InChI is InChI=1S/C15H23NOS/c1-12-7-6-8-13(11-12)17-10-5-4-9-15(2,3)14(16)18/h6-8,11H,4-5,9-10H2,1-3H3,(H2,16,18). The van der Waals surface area contributed by atoms with Crippen LogP contribution in [0.25, 0.3) is 0 Å². The third kappa shape index (κ3) is 5.05. The van der Waals surface area contributed by atoms with Gasteiger partial charge in [-0.2, -0.15) is 0 Å². The van der Waals surface area contributed by atoms with Crippen LogP contribution in [0.4, 0.5) is 0 Å². The maximum absolute atomic E-state index is 5.70. The fraction of sp³-hybridized carbons (Fsp3) is 0.533. The minimum Gasteiger partial charge on any atom is -0.494 e. The number of benzene rings is 1. The van der Waals surface area contributed by atoms with Gasteiger partial charge in [-0.1, -0.05) is 38.2 Å². The largest absolute Gasteiger partial charge is 0.494 e. The molecule has 3 heteroatoms. The summed E-state index contributed by atoms with van der Waals surface area (Å²) < 4.78 is 5.70. The van der Waals surface area contributed by atoms with E-state index in [0.717, 1.165) is 31.6 Å². The van der Waals surface area contributed by atoms with Crippen LogP contribution in [0.3, 0.4) is 0 Å². The van der Waals surface area contributed by atoms with Gasteiger partial charge in [0.25, 0.3) is 0 Å². The molecule has 1 aromatic rings. The van der Waals surface area contributed by atoms with E-state index >= 15 is 0 Å². The van der Waals surface area contributed by atoms with Crippen molar-refractivity contribution in [3.63, 3.8) is 0 Å². The molecule has 0 saturated carbocycles. The Labute approximate surface area is 116 Å². The van der Waals surface area contributed by atoms with Crippen LogP contribution in [0.5, 0.6) is 5.75 Å². The Bertz CT molecular complexity index is 401. The molecule has 0 aliphatic heterocycles. The number of hydrogen-bond donors (Lipinski definition) is 1. The maximum atomic E-state index is 5.70. The molecule has 0 aliphatic carbocycles. The van der Waals surface area contributed by atoms with Gasteiger partial charge in [0.2, 0.25) is 0 Å². The first-order valence-electron chi connectivity index (χ1n) is 6.41. The fourth-order valence-corrected chi connectivity index (χ4v) is 1.79. The van der Waals surface area contributed by atoms with Crippen LogP contribution in [-0.4, -0.2) is 11.6 Å². The van der Waals surface area contributed by atoms with E-state index in [1.54, 1.807) is 0 Å². The first kappa shape index (κ1) is 15.0. The van der Waals surface area contributed by atoms with Crippen LogP contribution in [0.2, 0.25) is 0 Å². The molecule has 2 N–H and O–H groups in total. The summed E-state index contributed by atoms with van der Waals surface area (Å²) in [6.45, 7) is 7.00. The first-order valence-corrected chi connectivity index (χ1v) is 6.82. The van der Waals surface area contributed by atoms with Crippen molar-refractivity contribution in [1.29, 1.82) is 0 Å². The average Bonchev–Trinajstić information content (AvgIpc) is 2.28. The molecule has 0 radical (unpaired) electrons. The van der Waals surface area contributed by atoms with Gasteiger partial charge in [-0.3, -0.25) is 0 Å². The molecule has 0 aliphatic rings. The summed E-state index contributed by atoms with van der Waals surface area (Å²) >= 11 is 5.05. The van der Waals surface area contributed by atoms with Crippen LogP contribution in [0.15, 0.2) is 24.3 Å². The number of rotatable bonds is 7. The third-order valence-corrected chi connectivity index (χ3v) is 3.67. The quantitative estimate of drug-likeness (QED) is 0.600. The number of unbranched alkanes of at least 4 members (excludes halogenated alkanes) is 1. The Morgan fingerprint density at radius 1 is 1.33 bits per heavy atom. The normalized spacial score (nSPS) is 11.3. The molecule has 1 rings (SSSR count). The lowest BCUT2D eigenvalue weighted by Crippen LogP contribution is -2.29. The molecule has 0 aromatic heterocycles. The number of thiocarbonyl (C=S) groups is 1. The van der Waals surface area contributed by atoms with Crippen molar-refractivity contribution in [3.8, 4) is 5.75 Å². The number of hydrogen-bond acceptors (Lipinski definition) is 2. The summed E-state index contributed by atoms with van der Waals surface area (Å²) in [6.07, 6.45) is 3.12. The first-order chi connectivity index (χ1) is 8.42. The Morgan fingerprint density at radius 2 is 2.06 bits per heavy atom. The molecular weight excluding hydrogens is 242 g/mol. The lowest BCUT2D eigenvalue weighted by atomic mass is 9.87. The van der Waals surface area contributed by atoms with Crippen LogP contribution in [0.1, 0.15) is 38.7 Å². The topological polar surface area (TPSA) is 35.2 Å². The van der Waals surface area contributed by atoms with Crippen molar-refractivity contribution in [2.45, 2.75) is 40.0 Å². The van der Waals surface area contributed by atoms with E-state index in [4.69, 9.17) is 22.7 Å². The monoisotopic (exact) mass is 265 g/mol. The highest BCUT2D eigenvalue weighted by atomic mass is 32.1. The summed E-state index contributed by atoms with van der Waals surface area (Å²) in [6, 6.07) is 8.13. The van der Waals surface area contributed by atoms with E-state index in [1.165, 1.54) is 5.56 Å². The van der Waals surface area contributed by atoms with Crippen molar-refractivity contribution in [1.82, 2.24) is 0 Å². The average molecular weight is 265 g/mol. The van der Waals surface area contributed by atoms with E-state index < -0.39 is 0 Å². The van der Waals surface area contributed by atoms with E-state index in [1.807, 2.05) is 12.1 Å². The maximum Gasteiger partial charge on any atom is 0.119 e. The van der Waals surface area contributed by atoms with Gasteiger partial charge in [-0.25, -0.2) is 0 Å². The van der Waals surface area contributed by atoms with Gasteiger partial charge in [0.15, 0.2) is 0 Å². The minimum atomic E-state index is -0.0430. The molecular formula is C15H23NOS. The van der Waals surface area contributed by atoms with Gasteiger partial charge in [0, 0.05) is 5.41 Å². The highest BCUT2D eigenvalue weighted by Crippen LogP contribution is 2.23. The predicted molar refractivity (Wildman–Crippen MR) is 81.1 cm³/mol. The summed E-state index contributed by atoms with van der Waals surface area (Å²) in [5.74, 6) is 0.948. The summed E-state index contributed by atoms with van der Waals surface area (Å²) in [5.41, 5.74) is 6.87. The second-order valence-electron chi connectivity index (χ2n) is 5.37. The smallest absolute Gasteiger partial charge is 0.119 e. The molecule has 1 aromatic carbocycles. The Kier molecular flexibility index (Phi) is 5.60. The van der Waals surface area contributed by atoms with Crippen LogP contribution >= 0.6 is 12.2 Å². The lowest BCUT2D eigenvalue weighted by molar-refractivity contribution is 0.296. The van der Waals surface area contributed by atoms with Crippen molar-refractivity contribution in [2.24, 2.45) is 11.1 Å². The minimum absolute atomic E-state index is 0.0430. The van der Waals surface area contributed by atoms with Gasteiger partial charge in [-0.15, -0.1) is 0 Å². The molecule has 0 saturated heterocycles. The van der Waals surface area contributed by atoms with Gasteiger partial charge in [0.1, 0.15) is 5.75 Å². The zero-order valence-electron chi connectivity index (χ0n) is 11.5. The van der Waals surface area contributed by atoms with Gasteiger partial charge in [-0.05, 0) is 43.9 Å². The van der Waals surface area contributed by atoms with Crippen molar-refractivity contribution in [2.75, 3.05) is 6.61 Å². The Balaban J connectivity index is 2.22. The number of ether oxygens (including phenoxy) is 1. The molecule has 2 nitrogen and oxygen atoms in total. The second-order valence-corrected chi connectivity index (χ2v) is 5.81.